The highest BCUT2D eigenvalue weighted by molar-refractivity contribution is 7.99. The number of hydrogen-bond donors (Lipinski definition) is 1. The third-order valence-corrected chi connectivity index (χ3v) is 7.42. The van der Waals surface area contributed by atoms with Crippen molar-refractivity contribution >= 4 is 56.1 Å². The second-order valence-electron chi connectivity index (χ2n) is 7.67. The number of rotatable bonds is 8. The number of allylic oxidation sites excluding steroid dienone is 1. The average Bonchev–Trinajstić information content (AvgIpc) is 3.30. The molecule has 1 N–H and O–H groups in total. The number of thiazole rings is 1. The van der Waals surface area contributed by atoms with Crippen LogP contribution in [-0.2, 0) is 16.1 Å². The van der Waals surface area contributed by atoms with Crippen LogP contribution in [0.5, 0.6) is 0 Å². The SMILES string of the molecule is C=CCn1c(SCC(=O)Nc2ccccc2C(=O)OC)nc2nc(N3CCCCC3)sc2c1=O. The lowest BCUT2D eigenvalue weighted by molar-refractivity contribution is -0.113. The molecule has 9 nitrogen and oxygen atoms in total. The van der Waals surface area contributed by atoms with Gasteiger partial charge in [0.1, 0.15) is 4.70 Å². The molecule has 11 heteroatoms. The molecule has 0 bridgehead atoms. The van der Waals surface area contributed by atoms with Crippen molar-refractivity contribution in [2.45, 2.75) is 31.0 Å². The van der Waals surface area contributed by atoms with Gasteiger partial charge in [-0.05, 0) is 31.4 Å². The monoisotopic (exact) mass is 499 g/mol. The molecule has 0 saturated carbocycles. The molecule has 0 spiro atoms. The van der Waals surface area contributed by atoms with Gasteiger partial charge in [0.25, 0.3) is 5.56 Å². The van der Waals surface area contributed by atoms with Gasteiger partial charge in [0.15, 0.2) is 15.9 Å². The number of para-hydroxylation sites is 1. The Balaban J connectivity index is 1.55. The summed E-state index contributed by atoms with van der Waals surface area (Å²) in [6, 6.07) is 6.61. The number of nitrogens with one attached hydrogen (secondary N) is 1. The summed E-state index contributed by atoms with van der Waals surface area (Å²) in [4.78, 5) is 49.2. The molecular formula is C23H25N5O4S2. The Hall–Kier alpha value is -3.18. The Morgan fingerprint density at radius 1 is 1.24 bits per heavy atom. The zero-order valence-electron chi connectivity index (χ0n) is 18.8. The molecule has 3 aromatic rings. The average molecular weight is 500 g/mol. The van der Waals surface area contributed by atoms with E-state index in [1.165, 1.54) is 29.4 Å². The highest BCUT2D eigenvalue weighted by Crippen LogP contribution is 2.29. The van der Waals surface area contributed by atoms with E-state index in [0.717, 1.165) is 42.8 Å². The van der Waals surface area contributed by atoms with Crippen molar-refractivity contribution in [1.29, 1.82) is 0 Å². The maximum atomic E-state index is 13.2. The second-order valence-corrected chi connectivity index (χ2v) is 9.59. The van der Waals surface area contributed by atoms with Crippen molar-refractivity contribution in [3.05, 3.63) is 52.8 Å². The Kier molecular flexibility index (Phi) is 7.63. The smallest absolute Gasteiger partial charge is 0.339 e. The molecular weight excluding hydrogens is 474 g/mol. The molecule has 2 aromatic heterocycles. The van der Waals surface area contributed by atoms with E-state index in [-0.39, 0.29) is 29.3 Å². The molecule has 0 atom stereocenters. The summed E-state index contributed by atoms with van der Waals surface area (Å²) in [5, 5.41) is 3.93. The minimum atomic E-state index is -0.538. The van der Waals surface area contributed by atoms with Gasteiger partial charge in [0.05, 0.1) is 24.1 Å². The van der Waals surface area contributed by atoms with E-state index in [9.17, 15) is 14.4 Å². The van der Waals surface area contributed by atoms with Gasteiger partial charge in [0, 0.05) is 19.6 Å². The van der Waals surface area contributed by atoms with Crippen molar-refractivity contribution in [2.75, 3.05) is 36.2 Å². The van der Waals surface area contributed by atoms with Crippen LogP contribution in [0.3, 0.4) is 0 Å². The van der Waals surface area contributed by atoms with Crippen LogP contribution < -0.4 is 15.8 Å². The molecule has 3 heterocycles. The van der Waals surface area contributed by atoms with Crippen LogP contribution in [0, 0.1) is 0 Å². The van der Waals surface area contributed by atoms with Crippen molar-refractivity contribution < 1.29 is 14.3 Å². The Bertz CT molecular complexity index is 1280. The quantitative estimate of drug-likeness (QED) is 0.217. The first-order chi connectivity index (χ1) is 16.5. The lowest BCUT2D eigenvalue weighted by atomic mass is 10.1. The summed E-state index contributed by atoms with van der Waals surface area (Å²) >= 11 is 2.50. The van der Waals surface area contributed by atoms with Crippen molar-refractivity contribution in [2.24, 2.45) is 0 Å². The molecule has 34 heavy (non-hydrogen) atoms. The third kappa shape index (κ3) is 5.15. The molecule has 1 saturated heterocycles. The number of anilines is 2. The Morgan fingerprint density at radius 2 is 2.00 bits per heavy atom. The number of hydrogen-bond acceptors (Lipinski definition) is 9. The van der Waals surface area contributed by atoms with Gasteiger partial charge in [-0.25, -0.2) is 9.78 Å². The number of fused-ring (bicyclic) bond motifs is 1. The zero-order valence-corrected chi connectivity index (χ0v) is 20.4. The largest absolute Gasteiger partial charge is 0.465 e. The second kappa shape index (κ2) is 10.8. The number of aromatic nitrogens is 3. The van der Waals surface area contributed by atoms with Gasteiger partial charge in [-0.2, -0.15) is 4.98 Å². The van der Waals surface area contributed by atoms with E-state index >= 15 is 0 Å². The number of piperidine rings is 1. The fourth-order valence-electron chi connectivity index (χ4n) is 3.69. The van der Waals surface area contributed by atoms with Gasteiger partial charge in [-0.15, -0.1) is 6.58 Å². The zero-order chi connectivity index (χ0) is 24.1. The van der Waals surface area contributed by atoms with Crippen LogP contribution in [0.2, 0.25) is 0 Å². The van der Waals surface area contributed by atoms with E-state index in [0.29, 0.717) is 21.2 Å². The van der Waals surface area contributed by atoms with Gasteiger partial charge in [0.2, 0.25) is 5.91 Å². The number of methoxy groups -OCH3 is 1. The summed E-state index contributed by atoms with van der Waals surface area (Å²) < 4.78 is 6.78. The van der Waals surface area contributed by atoms with Gasteiger partial charge >= 0.3 is 5.97 Å². The molecule has 1 amide bonds. The Morgan fingerprint density at radius 3 is 2.74 bits per heavy atom. The normalized spacial score (nSPS) is 13.6. The standard InChI is InChI=1S/C23H25N5O4S2/c1-3-11-28-20(30)18-19(25-22(34-18)27-12-7-4-8-13-27)26-23(28)33-14-17(29)24-16-10-6-5-9-15(16)21(31)32-2/h3,5-6,9-10H,1,4,7-8,11-14H2,2H3,(H,24,29). The number of carbonyl (C=O) groups is 2. The highest BCUT2D eigenvalue weighted by atomic mass is 32.2. The molecule has 4 rings (SSSR count). The summed E-state index contributed by atoms with van der Waals surface area (Å²) in [6.45, 7) is 5.87. The number of amides is 1. The number of thioether (sulfide) groups is 1. The van der Waals surface area contributed by atoms with E-state index < -0.39 is 5.97 Å². The van der Waals surface area contributed by atoms with E-state index in [2.05, 4.69) is 26.8 Å². The number of esters is 1. The third-order valence-electron chi connectivity index (χ3n) is 5.35. The summed E-state index contributed by atoms with van der Waals surface area (Å²) in [5.41, 5.74) is 0.830. The predicted molar refractivity (Wildman–Crippen MR) is 135 cm³/mol. The van der Waals surface area contributed by atoms with E-state index in [1.54, 1.807) is 30.3 Å². The van der Waals surface area contributed by atoms with Crippen LogP contribution >= 0.6 is 23.1 Å². The first-order valence-corrected chi connectivity index (χ1v) is 12.7. The number of nitrogens with zero attached hydrogens (tertiary/aromatic N) is 4. The van der Waals surface area contributed by atoms with Crippen LogP contribution in [-0.4, -0.2) is 52.4 Å². The molecule has 1 aliphatic rings. The molecule has 1 aromatic carbocycles. The van der Waals surface area contributed by atoms with Crippen LogP contribution in [0.1, 0.15) is 29.6 Å². The minimum Gasteiger partial charge on any atom is -0.465 e. The fraction of sp³-hybridized carbons (Fsp3) is 0.348. The van der Waals surface area contributed by atoms with Crippen LogP contribution in [0.25, 0.3) is 10.3 Å². The number of benzene rings is 1. The van der Waals surface area contributed by atoms with Gasteiger partial charge < -0.3 is 15.0 Å². The maximum Gasteiger partial charge on any atom is 0.339 e. The van der Waals surface area contributed by atoms with Gasteiger partial charge in [-0.3, -0.25) is 14.2 Å². The van der Waals surface area contributed by atoms with Crippen LogP contribution in [0.4, 0.5) is 10.8 Å². The highest BCUT2D eigenvalue weighted by Gasteiger charge is 2.21. The molecule has 1 fully saturated rings. The molecule has 0 aliphatic carbocycles. The van der Waals surface area contributed by atoms with Crippen molar-refractivity contribution in [3.63, 3.8) is 0 Å². The number of ether oxygens (including phenoxy) is 1. The fourth-order valence-corrected chi connectivity index (χ4v) is 5.50. The minimum absolute atomic E-state index is 0.00623. The van der Waals surface area contributed by atoms with E-state index in [1.807, 2.05) is 0 Å². The lowest BCUT2D eigenvalue weighted by Crippen LogP contribution is -2.29. The van der Waals surface area contributed by atoms with Crippen molar-refractivity contribution in [3.8, 4) is 0 Å². The van der Waals surface area contributed by atoms with Crippen LogP contribution in [0.15, 0.2) is 46.9 Å². The Labute approximate surface area is 204 Å². The molecule has 178 valence electrons. The first kappa shape index (κ1) is 24.0. The lowest BCUT2D eigenvalue weighted by Gasteiger charge is -2.25. The van der Waals surface area contributed by atoms with Crippen molar-refractivity contribution in [1.82, 2.24) is 14.5 Å². The summed E-state index contributed by atoms with van der Waals surface area (Å²) in [5.74, 6) is -0.884. The molecule has 0 radical (unpaired) electrons. The number of carbonyl (C=O) groups excluding carboxylic acids is 2. The molecule has 0 unspecified atom stereocenters. The summed E-state index contributed by atoms with van der Waals surface area (Å²) in [7, 11) is 1.28. The predicted octanol–water partition coefficient (Wildman–Crippen LogP) is 3.55. The van der Waals surface area contributed by atoms with Gasteiger partial charge in [-0.1, -0.05) is 41.3 Å². The maximum absolute atomic E-state index is 13.2. The first-order valence-electron chi connectivity index (χ1n) is 10.9. The van der Waals surface area contributed by atoms with E-state index in [4.69, 9.17) is 4.74 Å². The molecule has 1 aliphatic heterocycles. The summed E-state index contributed by atoms with van der Waals surface area (Å²) in [6.07, 6.45) is 5.05. The topological polar surface area (TPSA) is 106 Å².